The van der Waals surface area contributed by atoms with Crippen molar-refractivity contribution >= 4 is 11.6 Å². The first kappa shape index (κ1) is 9.63. The van der Waals surface area contributed by atoms with Crippen molar-refractivity contribution in [1.82, 2.24) is 5.32 Å². The highest BCUT2D eigenvalue weighted by molar-refractivity contribution is 6.17. The molecule has 0 saturated carbocycles. The van der Waals surface area contributed by atoms with Gasteiger partial charge in [-0.3, -0.25) is 0 Å². The third-order valence-electron chi connectivity index (χ3n) is 1.36. The summed E-state index contributed by atoms with van der Waals surface area (Å²) in [6, 6.07) is 0.434. The molecule has 0 amide bonds. The molecule has 0 aromatic rings. The summed E-state index contributed by atoms with van der Waals surface area (Å²) in [6.07, 6.45) is 0.923. The number of hydrogen-bond donors (Lipinski definition) is 1. The van der Waals surface area contributed by atoms with E-state index in [0.717, 1.165) is 17.9 Å². The lowest BCUT2D eigenvalue weighted by Gasteiger charge is -2.08. The van der Waals surface area contributed by atoms with E-state index in [0.29, 0.717) is 6.00 Å². The maximum atomic E-state index is 5.48. The predicted molar refractivity (Wildman–Crippen MR) is 43.9 cm³/mol. The van der Waals surface area contributed by atoms with Gasteiger partial charge in [-0.1, -0.05) is 6.92 Å². The highest BCUT2D eigenvalue weighted by Gasteiger charge is 1.96. The number of halogens is 1. The fourth-order valence-electron chi connectivity index (χ4n) is 0.702. The predicted octanol–water partition coefficient (Wildman–Crippen LogP) is 2.06. The van der Waals surface area contributed by atoms with Gasteiger partial charge < -0.3 is 10.1 Å². The van der Waals surface area contributed by atoms with Gasteiger partial charge in [0.15, 0.2) is 0 Å². The molecule has 2 nitrogen and oxygen atoms in total. The summed E-state index contributed by atoms with van der Waals surface area (Å²) >= 11 is 5.48. The number of alkyl halides is 1. The van der Waals surface area contributed by atoms with Crippen molar-refractivity contribution in [3.63, 3.8) is 0 Å². The van der Waals surface area contributed by atoms with Crippen LogP contribution in [0.4, 0.5) is 0 Å². The zero-order valence-electron chi connectivity index (χ0n) is 6.70. The van der Waals surface area contributed by atoms with Crippen LogP contribution in [0.2, 0.25) is 0 Å². The third kappa shape index (κ3) is 2.97. The van der Waals surface area contributed by atoms with E-state index in [4.69, 9.17) is 16.3 Å². The second-order valence-electron chi connectivity index (χ2n) is 1.90. The molecule has 3 heteroatoms. The van der Waals surface area contributed by atoms with Gasteiger partial charge >= 0.3 is 0 Å². The number of ether oxygens (including phenoxy) is 1. The Balaban J connectivity index is 4.00. The van der Waals surface area contributed by atoms with Crippen molar-refractivity contribution < 1.29 is 4.74 Å². The van der Waals surface area contributed by atoms with E-state index in [2.05, 4.69) is 12.2 Å². The van der Waals surface area contributed by atoms with E-state index in [9.17, 15) is 0 Å². The molecule has 0 aliphatic carbocycles. The van der Waals surface area contributed by atoms with E-state index in [1.54, 1.807) is 7.11 Å². The minimum absolute atomic E-state index is 0.434. The van der Waals surface area contributed by atoms with Gasteiger partial charge in [0.2, 0.25) is 0 Å². The lowest BCUT2D eigenvalue weighted by molar-refractivity contribution is 0.284. The Hall–Kier alpha value is -0.370. The van der Waals surface area contributed by atoms with Crippen LogP contribution in [0.25, 0.3) is 0 Å². The Bertz CT molecular complexity index is 123. The molecule has 0 radical (unpaired) electrons. The second-order valence-corrected chi connectivity index (χ2v) is 2.17. The van der Waals surface area contributed by atoms with Crippen LogP contribution in [0.5, 0.6) is 0 Å². The van der Waals surface area contributed by atoms with Crippen LogP contribution in [0.1, 0.15) is 20.3 Å². The van der Waals surface area contributed by atoms with Crippen LogP contribution in [0.15, 0.2) is 11.5 Å². The highest BCUT2D eigenvalue weighted by Crippen LogP contribution is 2.04. The lowest BCUT2D eigenvalue weighted by atomic mass is 10.3. The first-order chi connectivity index (χ1) is 4.76. The molecule has 0 spiro atoms. The summed E-state index contributed by atoms with van der Waals surface area (Å²) in [4.78, 5) is 0. The second kappa shape index (κ2) is 5.42. The number of hydrogen-bond acceptors (Lipinski definition) is 2. The van der Waals surface area contributed by atoms with Crippen LogP contribution in [0, 0.1) is 0 Å². The monoisotopic (exact) mass is 163 g/mol. The Labute approximate surface area is 67.2 Å². The average molecular weight is 164 g/mol. The summed E-state index contributed by atoms with van der Waals surface area (Å²) in [5, 5.41) is 3.00. The van der Waals surface area contributed by atoms with Crippen LogP contribution >= 0.6 is 11.6 Å². The minimum atomic E-state index is 0.434. The van der Waals surface area contributed by atoms with Crippen LogP contribution in [-0.4, -0.2) is 13.1 Å². The van der Waals surface area contributed by atoms with Gasteiger partial charge in [-0.2, -0.15) is 0 Å². The van der Waals surface area contributed by atoms with Gasteiger partial charge in [0.25, 0.3) is 0 Å². The Kier molecular flexibility index (Phi) is 5.22. The molecule has 10 heavy (non-hydrogen) atoms. The molecule has 0 atom stereocenters. The van der Waals surface area contributed by atoms with E-state index >= 15 is 0 Å². The number of methoxy groups -OCH3 is 1. The van der Waals surface area contributed by atoms with Crippen molar-refractivity contribution in [2.45, 2.75) is 20.3 Å². The fraction of sp³-hybridized carbons (Fsp3) is 0.714. The van der Waals surface area contributed by atoms with Gasteiger partial charge in [0.1, 0.15) is 5.76 Å². The maximum absolute atomic E-state index is 5.48. The van der Waals surface area contributed by atoms with Crippen LogP contribution in [0.3, 0.4) is 0 Å². The number of nitrogens with one attached hydrogen (secondary N) is 1. The zero-order valence-corrected chi connectivity index (χ0v) is 7.46. The minimum Gasteiger partial charge on any atom is -0.500 e. The first-order valence-electron chi connectivity index (χ1n) is 3.29. The van der Waals surface area contributed by atoms with Gasteiger partial charge in [-0.25, -0.2) is 0 Å². The summed E-state index contributed by atoms with van der Waals surface area (Å²) < 4.78 is 5.01. The Morgan fingerprint density at radius 3 is 2.50 bits per heavy atom. The molecular formula is C7H14ClNO. The maximum Gasteiger partial charge on any atom is 0.111 e. The highest BCUT2D eigenvalue weighted by atomic mass is 35.5. The molecule has 0 saturated heterocycles. The third-order valence-corrected chi connectivity index (χ3v) is 1.50. The van der Waals surface area contributed by atoms with Gasteiger partial charge in [0, 0.05) is 5.70 Å². The van der Waals surface area contributed by atoms with E-state index in [1.807, 2.05) is 6.92 Å². The molecule has 0 unspecified atom stereocenters. The fourth-order valence-corrected chi connectivity index (χ4v) is 0.864. The van der Waals surface area contributed by atoms with Gasteiger partial charge in [-0.15, -0.1) is 11.6 Å². The molecule has 0 aliphatic heterocycles. The quantitative estimate of drug-likeness (QED) is 0.389. The van der Waals surface area contributed by atoms with E-state index in [-0.39, 0.29) is 0 Å². The van der Waals surface area contributed by atoms with E-state index < -0.39 is 0 Å². The molecule has 0 fully saturated rings. The summed E-state index contributed by atoms with van der Waals surface area (Å²) in [7, 11) is 1.65. The molecule has 0 rings (SSSR count). The Morgan fingerprint density at radius 1 is 1.60 bits per heavy atom. The molecule has 0 aromatic heterocycles. The lowest BCUT2D eigenvalue weighted by Crippen LogP contribution is -2.12. The zero-order chi connectivity index (χ0) is 7.98. The molecule has 60 valence electrons. The van der Waals surface area contributed by atoms with Gasteiger partial charge in [-0.05, 0) is 13.3 Å². The molecule has 0 aromatic carbocycles. The van der Waals surface area contributed by atoms with Gasteiger partial charge in [0.05, 0.1) is 13.1 Å². The van der Waals surface area contributed by atoms with Crippen molar-refractivity contribution in [2.24, 2.45) is 0 Å². The summed E-state index contributed by atoms with van der Waals surface area (Å²) in [6.45, 7) is 3.97. The van der Waals surface area contributed by atoms with Crippen LogP contribution in [-0.2, 0) is 4.74 Å². The van der Waals surface area contributed by atoms with Crippen LogP contribution < -0.4 is 5.32 Å². The molecule has 0 heterocycles. The Morgan fingerprint density at radius 2 is 2.20 bits per heavy atom. The number of allylic oxidation sites excluding steroid dienone is 2. The van der Waals surface area contributed by atoms with Crippen molar-refractivity contribution in [1.29, 1.82) is 0 Å². The molecule has 0 aliphatic rings. The van der Waals surface area contributed by atoms with Crippen molar-refractivity contribution in [3.05, 3.63) is 11.5 Å². The van der Waals surface area contributed by atoms with Crippen molar-refractivity contribution in [3.8, 4) is 0 Å². The van der Waals surface area contributed by atoms with E-state index in [1.165, 1.54) is 0 Å². The normalized spacial score (nSPS) is 12.4. The SMILES string of the molecule is CC/C(NCCl)=C(\C)OC. The summed E-state index contributed by atoms with van der Waals surface area (Å²) in [5.41, 5.74) is 1.07. The molecular weight excluding hydrogens is 150 g/mol. The molecule has 0 bridgehead atoms. The average Bonchev–Trinajstić information content (AvgIpc) is 1.99. The smallest absolute Gasteiger partial charge is 0.111 e. The standard InChI is InChI=1S/C7H14ClNO/c1-4-7(9-5-8)6(2)10-3/h9H,4-5H2,1-3H3/b7-6-. The topological polar surface area (TPSA) is 21.3 Å². The first-order valence-corrected chi connectivity index (χ1v) is 3.83. The number of rotatable bonds is 4. The molecule has 1 N–H and O–H groups in total. The summed E-state index contributed by atoms with van der Waals surface area (Å²) in [5.74, 6) is 0.906. The largest absolute Gasteiger partial charge is 0.500 e. The van der Waals surface area contributed by atoms with Crippen molar-refractivity contribution in [2.75, 3.05) is 13.1 Å².